The molecule has 0 bridgehead atoms. The van der Waals surface area contributed by atoms with Gasteiger partial charge in [0.05, 0.1) is 11.0 Å². The normalized spacial score (nSPS) is 23.5. The van der Waals surface area contributed by atoms with Crippen molar-refractivity contribution in [2.24, 2.45) is 13.0 Å². The molecule has 44 heavy (non-hydrogen) atoms. The molecular weight excluding hydrogens is 564 g/mol. The summed E-state index contributed by atoms with van der Waals surface area (Å²) in [6.07, 6.45) is 5.10. The van der Waals surface area contributed by atoms with Crippen molar-refractivity contribution < 1.29 is 23.9 Å². The number of carbonyl (C=O) groups is 4. The van der Waals surface area contributed by atoms with Crippen LogP contribution in [-0.4, -0.2) is 87.1 Å². The lowest BCUT2D eigenvalue weighted by molar-refractivity contribution is -0.138. The summed E-state index contributed by atoms with van der Waals surface area (Å²) in [7, 11) is 1.71. The van der Waals surface area contributed by atoms with Crippen molar-refractivity contribution in [2.75, 3.05) is 32.7 Å². The van der Waals surface area contributed by atoms with Gasteiger partial charge in [-0.15, -0.1) is 0 Å². The van der Waals surface area contributed by atoms with Crippen LogP contribution in [0.1, 0.15) is 77.3 Å². The van der Waals surface area contributed by atoms with E-state index in [-0.39, 0.29) is 35.9 Å². The number of amides is 4. The summed E-state index contributed by atoms with van der Waals surface area (Å²) in [4.78, 5) is 66.7. The number of rotatable bonds is 7. The van der Waals surface area contributed by atoms with E-state index in [9.17, 15) is 24.0 Å². The summed E-state index contributed by atoms with van der Waals surface area (Å²) >= 11 is 0. The van der Waals surface area contributed by atoms with E-state index >= 15 is 0 Å². The SMILES string of the molecule is Cn1c(=O)n(C2CCC(=O)NC2=O)c2ccc(CCCN3CCN(C(=O)C4CCC(NC(=O)OC(C)(C)C)CC4)CC3)cc21. The number of imidazole rings is 1. The molecule has 1 saturated carbocycles. The number of benzene rings is 1. The van der Waals surface area contributed by atoms with Crippen LogP contribution in [0.2, 0.25) is 0 Å². The van der Waals surface area contributed by atoms with E-state index in [4.69, 9.17) is 4.74 Å². The van der Waals surface area contributed by atoms with E-state index in [0.29, 0.717) is 11.9 Å². The van der Waals surface area contributed by atoms with Gasteiger partial charge in [-0.3, -0.25) is 33.7 Å². The van der Waals surface area contributed by atoms with Crippen LogP contribution in [0.3, 0.4) is 0 Å². The van der Waals surface area contributed by atoms with E-state index < -0.39 is 23.6 Å². The van der Waals surface area contributed by atoms with Gasteiger partial charge < -0.3 is 15.0 Å². The number of ether oxygens (including phenoxy) is 1. The van der Waals surface area contributed by atoms with Crippen LogP contribution in [0.25, 0.3) is 11.0 Å². The number of imide groups is 1. The summed E-state index contributed by atoms with van der Waals surface area (Å²) in [6, 6.07) is 5.31. The van der Waals surface area contributed by atoms with Crippen LogP contribution in [0, 0.1) is 5.92 Å². The summed E-state index contributed by atoms with van der Waals surface area (Å²) in [5.41, 5.74) is 1.82. The molecule has 12 heteroatoms. The molecule has 5 rings (SSSR count). The fourth-order valence-corrected chi connectivity index (χ4v) is 6.71. The van der Waals surface area contributed by atoms with Crippen LogP contribution < -0.4 is 16.3 Å². The van der Waals surface area contributed by atoms with Crippen LogP contribution in [0.5, 0.6) is 0 Å². The maximum atomic E-state index is 13.2. The Bertz CT molecular complexity index is 1460. The first-order valence-electron chi connectivity index (χ1n) is 15.9. The second kappa shape index (κ2) is 13.1. The minimum absolute atomic E-state index is 0.0222. The molecule has 1 aliphatic carbocycles. The van der Waals surface area contributed by atoms with Gasteiger partial charge in [0, 0.05) is 51.6 Å². The van der Waals surface area contributed by atoms with Crippen LogP contribution >= 0.6 is 0 Å². The van der Waals surface area contributed by atoms with Crippen molar-refractivity contribution in [3.05, 3.63) is 34.2 Å². The first-order chi connectivity index (χ1) is 20.9. The number of aryl methyl sites for hydroxylation is 2. The fourth-order valence-electron chi connectivity index (χ4n) is 6.71. The van der Waals surface area contributed by atoms with Crippen molar-refractivity contribution in [1.82, 2.24) is 29.6 Å². The molecule has 1 aromatic heterocycles. The molecule has 3 heterocycles. The Morgan fingerprint density at radius 1 is 0.977 bits per heavy atom. The Morgan fingerprint density at radius 2 is 1.68 bits per heavy atom. The minimum Gasteiger partial charge on any atom is -0.444 e. The molecule has 3 fully saturated rings. The lowest BCUT2D eigenvalue weighted by Gasteiger charge is -2.38. The second-order valence-corrected chi connectivity index (χ2v) is 13.5. The molecule has 4 amide bonds. The van der Waals surface area contributed by atoms with E-state index in [2.05, 4.69) is 15.5 Å². The van der Waals surface area contributed by atoms with Crippen molar-refractivity contribution in [3.8, 4) is 0 Å². The molecule has 3 aliphatic rings. The fraction of sp³-hybridized carbons (Fsp3) is 0.656. The Hall–Kier alpha value is -3.67. The van der Waals surface area contributed by atoms with Gasteiger partial charge in [-0.2, -0.15) is 0 Å². The molecule has 1 unspecified atom stereocenters. The first-order valence-corrected chi connectivity index (χ1v) is 15.9. The maximum absolute atomic E-state index is 13.2. The third-order valence-electron chi connectivity index (χ3n) is 9.10. The first kappa shape index (κ1) is 31.7. The minimum atomic E-state index is -0.684. The Morgan fingerprint density at radius 3 is 2.34 bits per heavy atom. The van der Waals surface area contributed by atoms with Gasteiger partial charge in [0.25, 0.3) is 0 Å². The highest BCUT2D eigenvalue weighted by Gasteiger charge is 2.33. The summed E-state index contributed by atoms with van der Waals surface area (Å²) in [6.45, 7) is 9.64. The third-order valence-corrected chi connectivity index (χ3v) is 9.10. The highest BCUT2D eigenvalue weighted by Crippen LogP contribution is 2.27. The van der Waals surface area contributed by atoms with Gasteiger partial charge in [0.2, 0.25) is 17.7 Å². The van der Waals surface area contributed by atoms with Crippen molar-refractivity contribution in [2.45, 2.75) is 89.8 Å². The molecule has 240 valence electrons. The monoisotopic (exact) mass is 610 g/mol. The van der Waals surface area contributed by atoms with Gasteiger partial charge in [0.1, 0.15) is 11.6 Å². The zero-order chi connectivity index (χ0) is 31.6. The lowest BCUT2D eigenvalue weighted by atomic mass is 9.85. The van der Waals surface area contributed by atoms with Gasteiger partial charge in [-0.25, -0.2) is 9.59 Å². The number of nitrogens with one attached hydrogen (secondary N) is 2. The smallest absolute Gasteiger partial charge is 0.407 e. The number of alkyl carbamates (subject to hydrolysis) is 1. The summed E-state index contributed by atoms with van der Waals surface area (Å²) in [5.74, 6) is -0.470. The van der Waals surface area contributed by atoms with Gasteiger partial charge in [-0.05, 0) is 90.0 Å². The molecular formula is C32H46N6O6. The number of piperazine rings is 1. The number of fused-ring (bicyclic) bond motifs is 1. The van der Waals surface area contributed by atoms with E-state index in [1.165, 1.54) is 4.57 Å². The van der Waals surface area contributed by atoms with Crippen LogP contribution in [-0.2, 0) is 32.6 Å². The zero-order valence-electron chi connectivity index (χ0n) is 26.4. The molecule has 2 N–H and O–H groups in total. The van der Waals surface area contributed by atoms with Crippen molar-refractivity contribution in [1.29, 1.82) is 0 Å². The zero-order valence-corrected chi connectivity index (χ0v) is 26.4. The number of hydrogen-bond acceptors (Lipinski definition) is 7. The summed E-state index contributed by atoms with van der Waals surface area (Å²) < 4.78 is 8.44. The standard InChI is InChI=1S/C32H46N6O6/c1-32(2,3)44-30(42)33-23-10-8-22(9-11-23)29(41)37-18-16-36(17-19-37)15-5-6-21-7-12-24-26(20-21)35(4)31(43)38(24)25-13-14-27(39)34-28(25)40/h7,12,20,22-23,25H,5-6,8-11,13-19H2,1-4H3,(H,33,42)(H,34,39,40). The predicted octanol–water partition coefficient (Wildman–Crippen LogP) is 2.48. The Labute approximate surface area is 258 Å². The molecule has 0 radical (unpaired) electrons. The van der Waals surface area contributed by atoms with E-state index in [1.807, 2.05) is 43.9 Å². The van der Waals surface area contributed by atoms with Gasteiger partial charge in [-0.1, -0.05) is 6.07 Å². The molecule has 2 aromatic rings. The molecule has 1 aromatic carbocycles. The maximum Gasteiger partial charge on any atom is 0.407 e. The van der Waals surface area contributed by atoms with E-state index in [0.717, 1.165) is 82.3 Å². The predicted molar refractivity (Wildman–Crippen MR) is 165 cm³/mol. The molecule has 0 spiro atoms. The molecule has 1 atom stereocenters. The number of piperidine rings is 1. The van der Waals surface area contributed by atoms with Crippen molar-refractivity contribution in [3.63, 3.8) is 0 Å². The van der Waals surface area contributed by atoms with Gasteiger partial charge in [0.15, 0.2) is 0 Å². The van der Waals surface area contributed by atoms with Crippen LogP contribution in [0.4, 0.5) is 4.79 Å². The number of hydrogen-bond donors (Lipinski definition) is 2. The van der Waals surface area contributed by atoms with Gasteiger partial charge >= 0.3 is 11.8 Å². The number of nitrogens with zero attached hydrogens (tertiary/aromatic N) is 4. The number of aromatic nitrogens is 2. The average Bonchev–Trinajstić information content (AvgIpc) is 3.21. The topological polar surface area (TPSA) is 135 Å². The highest BCUT2D eigenvalue weighted by atomic mass is 16.6. The third kappa shape index (κ3) is 7.34. The average molecular weight is 611 g/mol. The second-order valence-electron chi connectivity index (χ2n) is 13.5. The number of carbonyl (C=O) groups excluding carboxylic acids is 4. The van der Waals surface area contributed by atoms with Crippen molar-refractivity contribution >= 4 is 34.8 Å². The Kier molecular flexibility index (Phi) is 9.48. The van der Waals surface area contributed by atoms with Crippen LogP contribution in [0.15, 0.2) is 23.0 Å². The largest absolute Gasteiger partial charge is 0.444 e. The molecule has 2 aliphatic heterocycles. The highest BCUT2D eigenvalue weighted by molar-refractivity contribution is 6.00. The van der Waals surface area contributed by atoms with E-state index in [1.54, 1.807) is 11.6 Å². The Balaban J connectivity index is 1.06. The quantitative estimate of drug-likeness (QED) is 0.460. The lowest BCUT2D eigenvalue weighted by Crippen LogP contribution is -2.51. The molecule has 12 nitrogen and oxygen atoms in total. The summed E-state index contributed by atoms with van der Waals surface area (Å²) in [5, 5.41) is 5.30. The molecule has 2 saturated heterocycles.